The van der Waals surface area contributed by atoms with Crippen molar-refractivity contribution in [3.63, 3.8) is 0 Å². The zero-order valence-corrected chi connectivity index (χ0v) is 15.8. The van der Waals surface area contributed by atoms with Gasteiger partial charge in [0.1, 0.15) is 5.75 Å². The second-order valence-electron chi connectivity index (χ2n) is 5.52. The molecule has 0 radical (unpaired) electrons. The normalized spacial score (nSPS) is 10.6. The third kappa shape index (κ3) is 4.56. The van der Waals surface area contributed by atoms with E-state index >= 15 is 0 Å². The second-order valence-corrected chi connectivity index (χ2v) is 6.90. The van der Waals surface area contributed by atoms with Crippen LogP contribution in [0, 0.1) is 6.92 Å². The summed E-state index contributed by atoms with van der Waals surface area (Å²) in [5, 5.41) is 10.9. The van der Waals surface area contributed by atoms with Crippen molar-refractivity contribution in [2.45, 2.75) is 12.1 Å². The first-order chi connectivity index (χ1) is 12.5. The summed E-state index contributed by atoms with van der Waals surface area (Å²) in [7, 11) is 1.58. The molecular weight excluding hydrogens is 372 g/mol. The number of thioether (sulfide) groups is 1. The van der Waals surface area contributed by atoms with Crippen molar-refractivity contribution in [2.75, 3.05) is 18.2 Å². The van der Waals surface area contributed by atoms with E-state index in [1.54, 1.807) is 25.3 Å². The number of rotatable bonds is 6. The number of carbonyl (C=O) groups excluding carboxylic acids is 1. The smallest absolute Gasteiger partial charge is 0.234 e. The number of ether oxygens (including phenoxy) is 1. The molecule has 0 bridgehead atoms. The molecule has 8 heteroatoms. The van der Waals surface area contributed by atoms with Gasteiger partial charge >= 0.3 is 0 Å². The van der Waals surface area contributed by atoms with E-state index in [1.807, 2.05) is 31.2 Å². The van der Waals surface area contributed by atoms with Crippen LogP contribution in [0.1, 0.15) is 5.56 Å². The number of carbonyl (C=O) groups is 1. The standard InChI is InChI=1S/C18H17ClN4O2S/c1-11-4-3-5-13(8-11)20-16(24)10-26-18-21-17(22-23-18)14-9-12(19)6-7-15(14)25-2/h3-9H,10H2,1-2H3,(H,20,24)(H,21,22,23). The van der Waals surface area contributed by atoms with Gasteiger partial charge in [0, 0.05) is 10.7 Å². The zero-order valence-electron chi connectivity index (χ0n) is 14.2. The molecule has 0 saturated heterocycles. The Morgan fingerprint density at radius 2 is 2.15 bits per heavy atom. The van der Waals surface area contributed by atoms with Crippen LogP contribution in [0.5, 0.6) is 5.75 Å². The van der Waals surface area contributed by atoms with Gasteiger partial charge in [-0.15, -0.1) is 5.10 Å². The van der Waals surface area contributed by atoms with Crippen LogP contribution in [0.25, 0.3) is 11.4 Å². The van der Waals surface area contributed by atoms with Crippen molar-refractivity contribution in [3.05, 3.63) is 53.1 Å². The predicted molar refractivity (Wildman–Crippen MR) is 104 cm³/mol. The molecule has 0 aliphatic rings. The van der Waals surface area contributed by atoms with Gasteiger partial charge in [0.25, 0.3) is 0 Å². The second kappa shape index (κ2) is 8.25. The molecule has 3 rings (SSSR count). The molecule has 0 spiro atoms. The minimum atomic E-state index is -0.118. The van der Waals surface area contributed by atoms with E-state index in [2.05, 4.69) is 20.5 Å². The van der Waals surface area contributed by atoms with Crippen LogP contribution in [0.15, 0.2) is 47.6 Å². The molecule has 1 aromatic heterocycles. The third-order valence-corrected chi connectivity index (χ3v) is 4.60. The fourth-order valence-electron chi connectivity index (χ4n) is 2.35. The van der Waals surface area contributed by atoms with E-state index in [0.717, 1.165) is 11.3 Å². The van der Waals surface area contributed by atoms with Gasteiger partial charge in [0.2, 0.25) is 11.1 Å². The Kier molecular flexibility index (Phi) is 5.80. The number of methoxy groups -OCH3 is 1. The molecule has 3 aromatic rings. The molecule has 0 saturated carbocycles. The fourth-order valence-corrected chi connectivity index (χ4v) is 3.12. The lowest BCUT2D eigenvalue weighted by Crippen LogP contribution is -2.14. The molecule has 2 N–H and O–H groups in total. The lowest BCUT2D eigenvalue weighted by molar-refractivity contribution is -0.113. The van der Waals surface area contributed by atoms with E-state index in [9.17, 15) is 4.79 Å². The number of amides is 1. The van der Waals surface area contributed by atoms with Crippen molar-refractivity contribution in [1.82, 2.24) is 15.2 Å². The molecule has 0 fully saturated rings. The first-order valence-electron chi connectivity index (χ1n) is 7.81. The number of anilines is 1. The number of benzene rings is 2. The van der Waals surface area contributed by atoms with Crippen LogP contribution in [0.3, 0.4) is 0 Å². The van der Waals surface area contributed by atoms with Gasteiger partial charge in [-0.05, 0) is 42.8 Å². The van der Waals surface area contributed by atoms with Crippen LogP contribution in [-0.4, -0.2) is 34.0 Å². The van der Waals surface area contributed by atoms with Crippen molar-refractivity contribution >= 4 is 35.0 Å². The first kappa shape index (κ1) is 18.3. The molecule has 0 aliphatic heterocycles. The number of aryl methyl sites for hydroxylation is 1. The third-order valence-electron chi connectivity index (χ3n) is 3.52. The highest BCUT2D eigenvalue weighted by molar-refractivity contribution is 7.99. The Morgan fingerprint density at radius 1 is 1.31 bits per heavy atom. The number of halogens is 1. The molecular formula is C18H17ClN4O2S. The number of nitrogens with zero attached hydrogens (tertiary/aromatic N) is 2. The average molecular weight is 389 g/mol. The monoisotopic (exact) mass is 388 g/mol. The van der Waals surface area contributed by atoms with E-state index in [4.69, 9.17) is 16.3 Å². The van der Waals surface area contributed by atoms with Gasteiger partial charge < -0.3 is 10.1 Å². The number of hydrogen-bond acceptors (Lipinski definition) is 5. The van der Waals surface area contributed by atoms with Gasteiger partial charge in [-0.2, -0.15) is 0 Å². The number of aromatic nitrogens is 3. The van der Waals surface area contributed by atoms with Crippen molar-refractivity contribution < 1.29 is 9.53 Å². The van der Waals surface area contributed by atoms with Crippen molar-refractivity contribution in [3.8, 4) is 17.1 Å². The maximum atomic E-state index is 12.1. The highest BCUT2D eigenvalue weighted by atomic mass is 35.5. The Hall–Kier alpha value is -2.51. The summed E-state index contributed by atoms with van der Waals surface area (Å²) in [5.41, 5.74) is 2.57. The van der Waals surface area contributed by atoms with Gasteiger partial charge in [-0.25, -0.2) is 4.98 Å². The number of H-pyrrole nitrogens is 1. The summed E-state index contributed by atoms with van der Waals surface area (Å²) in [4.78, 5) is 16.5. The molecule has 0 unspecified atom stereocenters. The van der Waals surface area contributed by atoms with Gasteiger partial charge in [-0.1, -0.05) is 35.5 Å². The molecule has 0 atom stereocenters. The van der Waals surface area contributed by atoms with Crippen LogP contribution in [-0.2, 0) is 4.79 Å². The Bertz CT molecular complexity index is 929. The first-order valence-corrected chi connectivity index (χ1v) is 9.17. The molecule has 0 aliphatic carbocycles. The molecule has 6 nitrogen and oxygen atoms in total. The largest absolute Gasteiger partial charge is 0.496 e. The summed E-state index contributed by atoms with van der Waals surface area (Å²) in [6, 6.07) is 12.9. The molecule has 1 amide bonds. The molecule has 2 aromatic carbocycles. The number of hydrogen-bond donors (Lipinski definition) is 2. The van der Waals surface area contributed by atoms with E-state index in [1.165, 1.54) is 11.8 Å². The number of nitrogens with one attached hydrogen (secondary N) is 2. The quantitative estimate of drug-likeness (QED) is 0.619. The zero-order chi connectivity index (χ0) is 18.5. The molecule has 1 heterocycles. The van der Waals surface area contributed by atoms with Crippen molar-refractivity contribution in [2.24, 2.45) is 0 Å². The lowest BCUT2D eigenvalue weighted by atomic mass is 10.2. The summed E-state index contributed by atoms with van der Waals surface area (Å²) >= 11 is 7.29. The number of aromatic amines is 1. The van der Waals surface area contributed by atoms with E-state index in [-0.39, 0.29) is 11.7 Å². The lowest BCUT2D eigenvalue weighted by Gasteiger charge is -2.05. The predicted octanol–water partition coefficient (Wildman–Crippen LogP) is 4.17. The van der Waals surface area contributed by atoms with E-state index in [0.29, 0.717) is 27.3 Å². The highest BCUT2D eigenvalue weighted by Crippen LogP contribution is 2.31. The summed E-state index contributed by atoms with van der Waals surface area (Å²) in [5.74, 6) is 1.26. The summed E-state index contributed by atoms with van der Waals surface area (Å²) in [6.07, 6.45) is 0. The maximum absolute atomic E-state index is 12.1. The summed E-state index contributed by atoms with van der Waals surface area (Å²) < 4.78 is 5.32. The van der Waals surface area contributed by atoms with Crippen LogP contribution >= 0.6 is 23.4 Å². The minimum absolute atomic E-state index is 0.118. The maximum Gasteiger partial charge on any atom is 0.234 e. The van der Waals surface area contributed by atoms with Crippen LogP contribution in [0.2, 0.25) is 5.02 Å². The SMILES string of the molecule is COc1ccc(Cl)cc1-c1nc(SCC(=O)Nc2cccc(C)c2)n[nH]1. The van der Waals surface area contributed by atoms with Gasteiger partial charge in [0.15, 0.2) is 5.82 Å². The minimum Gasteiger partial charge on any atom is -0.496 e. The average Bonchev–Trinajstić information content (AvgIpc) is 3.09. The Balaban J connectivity index is 1.64. The highest BCUT2D eigenvalue weighted by Gasteiger charge is 2.13. The summed E-state index contributed by atoms with van der Waals surface area (Å²) in [6.45, 7) is 1.98. The van der Waals surface area contributed by atoms with Crippen LogP contribution < -0.4 is 10.1 Å². The van der Waals surface area contributed by atoms with Crippen molar-refractivity contribution in [1.29, 1.82) is 0 Å². The van der Waals surface area contributed by atoms with Crippen LogP contribution in [0.4, 0.5) is 5.69 Å². The topological polar surface area (TPSA) is 79.9 Å². The van der Waals surface area contributed by atoms with Gasteiger partial charge in [-0.3, -0.25) is 9.89 Å². The fraction of sp³-hybridized carbons (Fsp3) is 0.167. The Morgan fingerprint density at radius 3 is 2.92 bits per heavy atom. The van der Waals surface area contributed by atoms with Gasteiger partial charge in [0.05, 0.1) is 18.4 Å². The Labute approximate surface area is 160 Å². The molecule has 26 heavy (non-hydrogen) atoms. The molecule has 134 valence electrons. The van der Waals surface area contributed by atoms with E-state index < -0.39 is 0 Å².